The molecule has 0 radical (unpaired) electrons. The first-order valence-corrected chi connectivity index (χ1v) is 7.03. The van der Waals surface area contributed by atoms with Gasteiger partial charge in [-0.05, 0) is 52.5 Å². The number of hydrogen-bond donors (Lipinski definition) is 1. The predicted octanol–water partition coefficient (Wildman–Crippen LogP) is 2.88. The van der Waals surface area contributed by atoms with Crippen molar-refractivity contribution in [3.05, 3.63) is 0 Å². The molecule has 0 aromatic rings. The van der Waals surface area contributed by atoms with E-state index in [2.05, 4.69) is 44.8 Å². The standard InChI is InChI=1S/C14H30N2/c1-6-12(3)15-10-14(5)16-8-7-11(2)9-13(16)4/h11-15H,6-10H2,1-5H3. The Kier molecular flexibility index (Phi) is 5.77. The molecule has 4 unspecified atom stereocenters. The molecule has 1 rings (SSSR count). The van der Waals surface area contributed by atoms with Gasteiger partial charge < -0.3 is 5.32 Å². The van der Waals surface area contributed by atoms with E-state index in [1.165, 1.54) is 25.8 Å². The van der Waals surface area contributed by atoms with Gasteiger partial charge in [0.25, 0.3) is 0 Å². The number of piperidine rings is 1. The monoisotopic (exact) mass is 226 g/mol. The molecule has 1 saturated heterocycles. The molecule has 1 heterocycles. The Morgan fingerprint density at radius 1 is 1.31 bits per heavy atom. The lowest BCUT2D eigenvalue weighted by molar-refractivity contribution is 0.0877. The minimum atomic E-state index is 0.654. The van der Waals surface area contributed by atoms with Gasteiger partial charge in [-0.3, -0.25) is 4.90 Å². The summed E-state index contributed by atoms with van der Waals surface area (Å²) >= 11 is 0. The lowest BCUT2D eigenvalue weighted by atomic mass is 9.92. The van der Waals surface area contributed by atoms with E-state index in [-0.39, 0.29) is 0 Å². The second-order valence-corrected chi connectivity index (χ2v) is 5.78. The minimum Gasteiger partial charge on any atom is -0.313 e. The first-order valence-electron chi connectivity index (χ1n) is 7.03. The Labute approximate surface area is 102 Å². The highest BCUT2D eigenvalue weighted by atomic mass is 15.2. The maximum atomic E-state index is 3.62. The third-order valence-corrected chi connectivity index (χ3v) is 4.13. The van der Waals surface area contributed by atoms with E-state index in [1.807, 2.05) is 0 Å². The average Bonchev–Trinajstić information content (AvgIpc) is 2.25. The maximum Gasteiger partial charge on any atom is 0.0195 e. The lowest BCUT2D eigenvalue weighted by Crippen LogP contribution is -2.50. The van der Waals surface area contributed by atoms with Gasteiger partial charge in [-0.2, -0.15) is 0 Å². The van der Waals surface area contributed by atoms with Crippen LogP contribution in [0.15, 0.2) is 0 Å². The van der Waals surface area contributed by atoms with Crippen LogP contribution in [0.2, 0.25) is 0 Å². The molecule has 2 nitrogen and oxygen atoms in total. The molecule has 0 spiro atoms. The number of nitrogens with one attached hydrogen (secondary N) is 1. The normalized spacial score (nSPS) is 31.3. The quantitative estimate of drug-likeness (QED) is 0.775. The van der Waals surface area contributed by atoms with Crippen LogP contribution in [0.25, 0.3) is 0 Å². The summed E-state index contributed by atoms with van der Waals surface area (Å²) in [5.74, 6) is 0.918. The van der Waals surface area contributed by atoms with Crippen LogP contribution in [0.1, 0.15) is 53.9 Å². The minimum absolute atomic E-state index is 0.654. The average molecular weight is 226 g/mol. The van der Waals surface area contributed by atoms with Crippen LogP contribution in [0.4, 0.5) is 0 Å². The zero-order valence-corrected chi connectivity index (χ0v) is 11.8. The first-order chi connectivity index (χ1) is 7.54. The molecule has 1 aliphatic rings. The zero-order chi connectivity index (χ0) is 12.1. The van der Waals surface area contributed by atoms with E-state index >= 15 is 0 Å². The van der Waals surface area contributed by atoms with Gasteiger partial charge in [0, 0.05) is 24.7 Å². The Balaban J connectivity index is 2.32. The molecule has 0 aromatic carbocycles. The molecule has 2 heteroatoms. The summed E-state index contributed by atoms with van der Waals surface area (Å²) in [4.78, 5) is 2.68. The molecule has 16 heavy (non-hydrogen) atoms. The molecule has 1 N–H and O–H groups in total. The van der Waals surface area contributed by atoms with Crippen LogP contribution < -0.4 is 5.32 Å². The van der Waals surface area contributed by atoms with Crippen molar-refractivity contribution >= 4 is 0 Å². The molecule has 0 aliphatic carbocycles. The fraction of sp³-hybridized carbons (Fsp3) is 1.00. The van der Waals surface area contributed by atoms with Gasteiger partial charge in [-0.1, -0.05) is 13.8 Å². The molecule has 4 atom stereocenters. The van der Waals surface area contributed by atoms with Crippen molar-refractivity contribution in [2.45, 2.75) is 72.0 Å². The van der Waals surface area contributed by atoms with Crippen molar-refractivity contribution in [2.24, 2.45) is 5.92 Å². The molecule has 96 valence electrons. The van der Waals surface area contributed by atoms with E-state index in [4.69, 9.17) is 0 Å². The SMILES string of the molecule is CCC(C)NCC(C)N1CCC(C)CC1C. The predicted molar refractivity (Wildman–Crippen MR) is 71.8 cm³/mol. The fourth-order valence-electron chi connectivity index (χ4n) is 2.71. The van der Waals surface area contributed by atoms with Gasteiger partial charge in [0.2, 0.25) is 0 Å². The van der Waals surface area contributed by atoms with Gasteiger partial charge in [-0.15, -0.1) is 0 Å². The maximum absolute atomic E-state index is 3.62. The van der Waals surface area contributed by atoms with Crippen LogP contribution in [-0.2, 0) is 0 Å². The topological polar surface area (TPSA) is 15.3 Å². The molecule has 0 amide bonds. The fourth-order valence-corrected chi connectivity index (χ4v) is 2.71. The second kappa shape index (κ2) is 6.61. The Morgan fingerprint density at radius 2 is 2.00 bits per heavy atom. The summed E-state index contributed by atoms with van der Waals surface area (Å²) in [5.41, 5.74) is 0. The van der Waals surface area contributed by atoms with Gasteiger partial charge in [-0.25, -0.2) is 0 Å². The van der Waals surface area contributed by atoms with Crippen LogP contribution >= 0.6 is 0 Å². The van der Waals surface area contributed by atoms with Gasteiger partial charge in [0.05, 0.1) is 0 Å². The van der Waals surface area contributed by atoms with Crippen LogP contribution in [0.5, 0.6) is 0 Å². The van der Waals surface area contributed by atoms with E-state index in [0.29, 0.717) is 12.1 Å². The number of rotatable bonds is 5. The highest BCUT2D eigenvalue weighted by Crippen LogP contribution is 2.23. The van der Waals surface area contributed by atoms with Crippen molar-refractivity contribution in [1.29, 1.82) is 0 Å². The summed E-state index contributed by atoms with van der Waals surface area (Å²) in [6, 6.07) is 2.09. The van der Waals surface area contributed by atoms with Crippen molar-refractivity contribution < 1.29 is 0 Å². The van der Waals surface area contributed by atoms with Crippen molar-refractivity contribution in [1.82, 2.24) is 10.2 Å². The molecule has 1 fully saturated rings. The third kappa shape index (κ3) is 4.06. The van der Waals surface area contributed by atoms with E-state index in [9.17, 15) is 0 Å². The smallest absolute Gasteiger partial charge is 0.0195 e. The van der Waals surface area contributed by atoms with Gasteiger partial charge >= 0.3 is 0 Å². The second-order valence-electron chi connectivity index (χ2n) is 5.78. The van der Waals surface area contributed by atoms with Crippen LogP contribution in [0.3, 0.4) is 0 Å². The van der Waals surface area contributed by atoms with Crippen LogP contribution in [0, 0.1) is 5.92 Å². The van der Waals surface area contributed by atoms with Crippen molar-refractivity contribution in [3.8, 4) is 0 Å². The Morgan fingerprint density at radius 3 is 2.56 bits per heavy atom. The number of hydrogen-bond acceptors (Lipinski definition) is 2. The summed E-state index contributed by atoms with van der Waals surface area (Å²) in [7, 11) is 0. The van der Waals surface area contributed by atoms with E-state index in [1.54, 1.807) is 0 Å². The summed E-state index contributed by atoms with van der Waals surface area (Å²) in [6.07, 6.45) is 3.96. The van der Waals surface area contributed by atoms with Gasteiger partial charge in [0.1, 0.15) is 0 Å². The lowest BCUT2D eigenvalue weighted by Gasteiger charge is -2.40. The molecular formula is C14H30N2. The molecule has 0 saturated carbocycles. The Hall–Kier alpha value is -0.0800. The number of nitrogens with zero attached hydrogens (tertiary/aromatic N) is 1. The molecular weight excluding hydrogens is 196 g/mol. The third-order valence-electron chi connectivity index (χ3n) is 4.13. The molecule has 0 bridgehead atoms. The van der Waals surface area contributed by atoms with E-state index in [0.717, 1.165) is 18.5 Å². The van der Waals surface area contributed by atoms with Crippen molar-refractivity contribution in [3.63, 3.8) is 0 Å². The highest BCUT2D eigenvalue weighted by Gasteiger charge is 2.26. The first kappa shape index (κ1) is 14.0. The largest absolute Gasteiger partial charge is 0.313 e. The zero-order valence-electron chi connectivity index (χ0n) is 11.8. The van der Waals surface area contributed by atoms with E-state index < -0.39 is 0 Å². The summed E-state index contributed by atoms with van der Waals surface area (Å²) in [6.45, 7) is 14.1. The Bertz CT molecular complexity index is 193. The molecule has 0 aromatic heterocycles. The summed E-state index contributed by atoms with van der Waals surface area (Å²) in [5, 5.41) is 3.62. The highest BCUT2D eigenvalue weighted by molar-refractivity contribution is 4.82. The summed E-state index contributed by atoms with van der Waals surface area (Å²) < 4.78 is 0. The van der Waals surface area contributed by atoms with Gasteiger partial charge in [0.15, 0.2) is 0 Å². The van der Waals surface area contributed by atoms with Crippen molar-refractivity contribution in [2.75, 3.05) is 13.1 Å². The van der Waals surface area contributed by atoms with Crippen LogP contribution in [-0.4, -0.2) is 36.1 Å². The number of likely N-dealkylation sites (tertiary alicyclic amines) is 1. The molecule has 1 aliphatic heterocycles.